The minimum absolute atomic E-state index is 0.00780. The highest BCUT2D eigenvalue weighted by molar-refractivity contribution is 5.99. The molecule has 1 aromatic carbocycles. The Balaban J connectivity index is 2.99. The first-order chi connectivity index (χ1) is 8.90. The van der Waals surface area contributed by atoms with Crippen LogP contribution in [0.15, 0.2) is 18.2 Å². The second kappa shape index (κ2) is 6.45. The van der Waals surface area contributed by atoms with Gasteiger partial charge in [-0.1, -0.05) is 13.3 Å². The monoisotopic (exact) mass is 274 g/mol. The third-order valence-electron chi connectivity index (χ3n) is 2.68. The summed E-state index contributed by atoms with van der Waals surface area (Å²) in [4.78, 5) is 11.9. The van der Waals surface area contributed by atoms with E-state index in [0.717, 1.165) is 25.0 Å². The lowest BCUT2D eigenvalue weighted by atomic mass is 10.1. The van der Waals surface area contributed by atoms with Crippen LogP contribution in [0.4, 0.5) is 18.9 Å². The van der Waals surface area contributed by atoms with E-state index in [4.69, 9.17) is 0 Å². The van der Waals surface area contributed by atoms with Crippen molar-refractivity contribution in [3.05, 3.63) is 29.3 Å². The van der Waals surface area contributed by atoms with Gasteiger partial charge in [-0.25, -0.2) is 0 Å². The fourth-order valence-electron chi connectivity index (χ4n) is 1.60. The Morgan fingerprint density at radius 2 is 2.00 bits per heavy atom. The van der Waals surface area contributed by atoms with Crippen molar-refractivity contribution < 1.29 is 18.0 Å². The van der Waals surface area contributed by atoms with Crippen LogP contribution in [0.3, 0.4) is 0 Å². The zero-order valence-electron chi connectivity index (χ0n) is 10.9. The Morgan fingerprint density at radius 3 is 2.53 bits per heavy atom. The first kappa shape index (κ1) is 15.3. The fraction of sp³-hybridized carbons (Fsp3) is 0.462. The molecule has 0 unspecified atom stereocenters. The highest BCUT2D eigenvalue weighted by atomic mass is 19.4. The van der Waals surface area contributed by atoms with Crippen LogP contribution in [0.1, 0.15) is 35.7 Å². The van der Waals surface area contributed by atoms with Crippen molar-refractivity contribution in [1.29, 1.82) is 0 Å². The molecule has 0 aliphatic heterocycles. The van der Waals surface area contributed by atoms with Crippen molar-refractivity contribution in [2.75, 3.05) is 18.9 Å². The van der Waals surface area contributed by atoms with Crippen molar-refractivity contribution in [3.63, 3.8) is 0 Å². The number of anilines is 1. The van der Waals surface area contributed by atoms with E-state index < -0.39 is 17.6 Å². The number of hydrogen-bond acceptors (Lipinski definition) is 2. The van der Waals surface area contributed by atoms with Gasteiger partial charge in [0.15, 0.2) is 0 Å². The molecule has 1 amide bonds. The number of alkyl halides is 3. The Labute approximate surface area is 110 Å². The first-order valence-electron chi connectivity index (χ1n) is 6.07. The van der Waals surface area contributed by atoms with Gasteiger partial charge in [-0.15, -0.1) is 0 Å². The van der Waals surface area contributed by atoms with Gasteiger partial charge in [-0.2, -0.15) is 13.2 Å². The molecule has 2 N–H and O–H groups in total. The number of unbranched alkanes of at least 4 members (excludes halogenated alkanes) is 1. The molecule has 106 valence electrons. The highest BCUT2D eigenvalue weighted by Gasteiger charge is 2.31. The van der Waals surface area contributed by atoms with Crippen LogP contribution in [0.2, 0.25) is 0 Å². The van der Waals surface area contributed by atoms with E-state index in [2.05, 4.69) is 10.6 Å². The smallest absolute Gasteiger partial charge is 0.387 e. The fourth-order valence-corrected chi connectivity index (χ4v) is 1.60. The summed E-state index contributed by atoms with van der Waals surface area (Å²) in [6.07, 6.45) is -2.76. The van der Waals surface area contributed by atoms with Gasteiger partial charge in [0, 0.05) is 19.3 Å². The predicted octanol–water partition coefficient (Wildman–Crippen LogP) is 3.28. The Morgan fingerprint density at radius 1 is 1.32 bits per heavy atom. The summed E-state index contributed by atoms with van der Waals surface area (Å²) in [5, 5.41) is 5.32. The van der Waals surface area contributed by atoms with Crippen molar-refractivity contribution >= 4 is 11.6 Å². The zero-order chi connectivity index (χ0) is 14.5. The molecule has 1 rings (SSSR count). The molecule has 0 aliphatic rings. The van der Waals surface area contributed by atoms with Crippen LogP contribution in [0, 0.1) is 0 Å². The molecule has 6 heteroatoms. The van der Waals surface area contributed by atoms with Gasteiger partial charge >= 0.3 is 6.18 Å². The summed E-state index contributed by atoms with van der Waals surface area (Å²) in [5.41, 5.74) is -0.442. The van der Waals surface area contributed by atoms with Gasteiger partial charge in [0.1, 0.15) is 0 Å². The molecule has 3 nitrogen and oxygen atoms in total. The second-order valence-corrected chi connectivity index (χ2v) is 4.12. The van der Waals surface area contributed by atoms with Gasteiger partial charge < -0.3 is 10.6 Å². The number of carbonyl (C=O) groups is 1. The standard InChI is InChI=1S/C13H17F3N2O/c1-3-4-7-18-12(19)10-8-9(13(14,15)16)5-6-11(10)17-2/h5-6,8,17H,3-4,7H2,1-2H3,(H,18,19). The summed E-state index contributed by atoms with van der Waals surface area (Å²) in [7, 11) is 1.56. The maximum atomic E-state index is 12.6. The molecular weight excluding hydrogens is 257 g/mol. The lowest BCUT2D eigenvalue weighted by Crippen LogP contribution is -2.25. The van der Waals surface area contributed by atoms with Crippen molar-refractivity contribution in [2.45, 2.75) is 25.9 Å². The normalized spacial score (nSPS) is 11.2. The van der Waals surface area contributed by atoms with Crippen molar-refractivity contribution in [2.24, 2.45) is 0 Å². The van der Waals surface area contributed by atoms with Gasteiger partial charge in [0.2, 0.25) is 0 Å². The van der Waals surface area contributed by atoms with Crippen LogP contribution in [0.5, 0.6) is 0 Å². The predicted molar refractivity (Wildman–Crippen MR) is 68.2 cm³/mol. The summed E-state index contributed by atoms with van der Waals surface area (Å²) in [6, 6.07) is 3.08. The maximum Gasteiger partial charge on any atom is 0.416 e. The molecule has 0 radical (unpaired) electrons. The lowest BCUT2D eigenvalue weighted by molar-refractivity contribution is -0.137. The number of carbonyl (C=O) groups excluding carboxylic acids is 1. The van der Waals surface area contributed by atoms with E-state index in [0.29, 0.717) is 12.2 Å². The molecule has 0 bridgehead atoms. The summed E-state index contributed by atoms with van der Waals surface area (Å²) in [6.45, 7) is 2.42. The Kier molecular flexibility index (Phi) is 5.20. The molecule has 0 saturated carbocycles. The molecule has 19 heavy (non-hydrogen) atoms. The van der Waals surface area contributed by atoms with E-state index in [9.17, 15) is 18.0 Å². The van der Waals surface area contributed by atoms with Crippen LogP contribution in [-0.4, -0.2) is 19.5 Å². The number of halogens is 3. The number of rotatable bonds is 5. The molecule has 0 spiro atoms. The van der Waals surface area contributed by atoms with Crippen LogP contribution >= 0.6 is 0 Å². The molecule has 0 atom stereocenters. The Hall–Kier alpha value is -1.72. The highest BCUT2D eigenvalue weighted by Crippen LogP contribution is 2.31. The van der Waals surface area contributed by atoms with Crippen LogP contribution < -0.4 is 10.6 Å². The lowest BCUT2D eigenvalue weighted by Gasteiger charge is -2.13. The van der Waals surface area contributed by atoms with E-state index >= 15 is 0 Å². The summed E-state index contributed by atoms with van der Waals surface area (Å²) in [5.74, 6) is -0.496. The largest absolute Gasteiger partial charge is 0.416 e. The maximum absolute atomic E-state index is 12.6. The minimum Gasteiger partial charge on any atom is -0.387 e. The van der Waals surface area contributed by atoms with Crippen LogP contribution in [-0.2, 0) is 6.18 Å². The molecule has 0 heterocycles. The number of hydrogen-bond donors (Lipinski definition) is 2. The number of benzene rings is 1. The van der Waals surface area contributed by atoms with Gasteiger partial charge in [-0.05, 0) is 24.6 Å². The molecule has 0 saturated heterocycles. The number of nitrogens with one attached hydrogen (secondary N) is 2. The van der Waals surface area contributed by atoms with E-state index in [1.165, 1.54) is 6.07 Å². The first-order valence-corrected chi connectivity index (χ1v) is 6.07. The summed E-state index contributed by atoms with van der Waals surface area (Å²) >= 11 is 0. The zero-order valence-corrected chi connectivity index (χ0v) is 10.9. The van der Waals surface area contributed by atoms with Crippen LogP contribution in [0.25, 0.3) is 0 Å². The molecule has 0 aliphatic carbocycles. The minimum atomic E-state index is -4.45. The average molecular weight is 274 g/mol. The average Bonchev–Trinajstić information content (AvgIpc) is 2.37. The van der Waals surface area contributed by atoms with Crippen molar-refractivity contribution in [3.8, 4) is 0 Å². The molecular formula is C13H17F3N2O. The third-order valence-corrected chi connectivity index (χ3v) is 2.68. The molecule has 0 aromatic heterocycles. The Bertz CT molecular complexity index is 444. The van der Waals surface area contributed by atoms with Gasteiger partial charge in [-0.3, -0.25) is 4.79 Å². The number of amides is 1. The second-order valence-electron chi connectivity index (χ2n) is 4.12. The molecule has 1 aromatic rings. The third kappa shape index (κ3) is 4.15. The van der Waals surface area contributed by atoms with E-state index in [1.807, 2.05) is 6.92 Å². The van der Waals surface area contributed by atoms with E-state index in [1.54, 1.807) is 7.05 Å². The van der Waals surface area contributed by atoms with Crippen molar-refractivity contribution in [1.82, 2.24) is 5.32 Å². The topological polar surface area (TPSA) is 41.1 Å². The summed E-state index contributed by atoms with van der Waals surface area (Å²) < 4.78 is 37.9. The quantitative estimate of drug-likeness (QED) is 0.809. The SMILES string of the molecule is CCCCNC(=O)c1cc(C(F)(F)F)ccc1NC. The van der Waals surface area contributed by atoms with Gasteiger partial charge in [0.05, 0.1) is 11.1 Å². The molecule has 0 fully saturated rings. The van der Waals surface area contributed by atoms with Gasteiger partial charge in [0.25, 0.3) is 5.91 Å². The van der Waals surface area contributed by atoms with E-state index in [-0.39, 0.29) is 5.56 Å².